The summed E-state index contributed by atoms with van der Waals surface area (Å²) in [4.78, 5) is 15.0. The largest absolute Gasteiger partial charge is 0.488 e. The SMILES string of the molecule is Cc1ccc(S(=O)(=O)N(C)C[C@@H]2Oc3ccc(NS(=O)(=O)c4ccc(F)cc4)cc3CC(=O)N([C@@H](C)CO)C[C@@H]2C)cc1. The van der Waals surface area contributed by atoms with Crippen LogP contribution in [0.1, 0.15) is 25.0 Å². The van der Waals surface area contributed by atoms with Crippen LogP contribution in [-0.2, 0) is 31.3 Å². The zero-order valence-electron chi connectivity index (χ0n) is 24.4. The molecule has 43 heavy (non-hydrogen) atoms. The molecule has 0 saturated heterocycles. The Hall–Kier alpha value is -3.52. The van der Waals surface area contributed by atoms with Gasteiger partial charge in [-0.2, -0.15) is 4.31 Å². The summed E-state index contributed by atoms with van der Waals surface area (Å²) in [6, 6.07) is 14.9. The zero-order valence-corrected chi connectivity index (χ0v) is 26.0. The molecule has 0 unspecified atom stereocenters. The average Bonchev–Trinajstić information content (AvgIpc) is 3.00. The number of halogens is 1. The number of sulfonamides is 2. The second-order valence-electron chi connectivity index (χ2n) is 10.9. The van der Waals surface area contributed by atoms with E-state index in [9.17, 15) is 31.1 Å². The molecular formula is C30H36FN3O7S2. The summed E-state index contributed by atoms with van der Waals surface area (Å²) in [5.74, 6) is -0.932. The minimum Gasteiger partial charge on any atom is -0.488 e. The molecule has 0 fully saturated rings. The fourth-order valence-electron chi connectivity index (χ4n) is 4.78. The minimum atomic E-state index is -4.06. The first-order valence-corrected chi connectivity index (χ1v) is 16.6. The number of aliphatic hydroxyl groups excluding tert-OH is 1. The van der Waals surface area contributed by atoms with Crippen molar-refractivity contribution < 1.29 is 35.9 Å². The van der Waals surface area contributed by atoms with E-state index in [1.807, 2.05) is 13.8 Å². The van der Waals surface area contributed by atoms with Crippen LogP contribution in [0.4, 0.5) is 10.1 Å². The first-order valence-electron chi connectivity index (χ1n) is 13.7. The van der Waals surface area contributed by atoms with Crippen molar-refractivity contribution in [3.63, 3.8) is 0 Å². The highest BCUT2D eigenvalue weighted by Crippen LogP contribution is 2.30. The van der Waals surface area contributed by atoms with Gasteiger partial charge in [-0.05, 0) is 68.4 Å². The highest BCUT2D eigenvalue weighted by molar-refractivity contribution is 7.92. The molecule has 3 atom stereocenters. The lowest BCUT2D eigenvalue weighted by atomic mass is 10.0. The van der Waals surface area contributed by atoms with Gasteiger partial charge in [0.2, 0.25) is 15.9 Å². The minimum absolute atomic E-state index is 0.0364. The molecule has 10 nitrogen and oxygen atoms in total. The fourth-order valence-corrected chi connectivity index (χ4v) is 7.01. The Kier molecular flexibility index (Phi) is 9.79. The van der Waals surface area contributed by atoms with Crippen LogP contribution >= 0.6 is 0 Å². The van der Waals surface area contributed by atoms with Gasteiger partial charge in [0, 0.05) is 30.8 Å². The Labute approximate surface area is 252 Å². The molecule has 1 amide bonds. The van der Waals surface area contributed by atoms with E-state index >= 15 is 0 Å². The molecular weight excluding hydrogens is 597 g/mol. The van der Waals surface area contributed by atoms with Gasteiger partial charge < -0.3 is 14.7 Å². The Morgan fingerprint density at radius 2 is 1.67 bits per heavy atom. The lowest BCUT2D eigenvalue weighted by Gasteiger charge is -2.33. The van der Waals surface area contributed by atoms with Crippen molar-refractivity contribution in [1.29, 1.82) is 0 Å². The van der Waals surface area contributed by atoms with Crippen LogP contribution in [-0.4, -0.2) is 75.9 Å². The number of carbonyl (C=O) groups excluding carboxylic acids is 1. The van der Waals surface area contributed by atoms with Crippen molar-refractivity contribution in [2.24, 2.45) is 5.92 Å². The number of nitrogens with one attached hydrogen (secondary N) is 1. The van der Waals surface area contributed by atoms with Gasteiger partial charge in [-0.25, -0.2) is 21.2 Å². The lowest BCUT2D eigenvalue weighted by Crippen LogP contribution is -2.48. The number of carbonyl (C=O) groups is 1. The quantitative estimate of drug-likeness (QED) is 0.369. The molecule has 0 aromatic heterocycles. The van der Waals surface area contributed by atoms with Crippen LogP contribution in [0.3, 0.4) is 0 Å². The summed E-state index contributed by atoms with van der Waals surface area (Å²) in [5, 5.41) is 9.87. The van der Waals surface area contributed by atoms with E-state index in [2.05, 4.69) is 4.72 Å². The van der Waals surface area contributed by atoms with Crippen molar-refractivity contribution in [2.75, 3.05) is 31.5 Å². The van der Waals surface area contributed by atoms with Crippen molar-refractivity contribution in [2.45, 2.75) is 49.1 Å². The van der Waals surface area contributed by atoms with E-state index in [0.717, 1.165) is 29.8 Å². The molecule has 3 aromatic carbocycles. The average molecular weight is 634 g/mol. The van der Waals surface area contributed by atoms with Crippen molar-refractivity contribution in [3.8, 4) is 5.75 Å². The molecule has 0 spiro atoms. The number of likely N-dealkylation sites (N-methyl/N-ethyl adjacent to an activating group) is 1. The molecule has 3 aromatic rings. The smallest absolute Gasteiger partial charge is 0.261 e. The van der Waals surface area contributed by atoms with Gasteiger partial charge in [-0.15, -0.1) is 0 Å². The number of anilines is 1. The number of nitrogens with zero attached hydrogens (tertiary/aromatic N) is 2. The number of benzene rings is 3. The van der Waals surface area contributed by atoms with Crippen molar-refractivity contribution in [3.05, 3.63) is 83.7 Å². The second kappa shape index (κ2) is 13.0. The number of aryl methyl sites for hydroxylation is 1. The number of aliphatic hydroxyl groups is 1. The van der Waals surface area contributed by atoms with E-state index in [4.69, 9.17) is 4.74 Å². The van der Waals surface area contributed by atoms with Crippen LogP contribution in [0, 0.1) is 18.7 Å². The van der Waals surface area contributed by atoms with E-state index in [-0.39, 0.29) is 53.4 Å². The molecule has 0 saturated carbocycles. The van der Waals surface area contributed by atoms with Crippen LogP contribution in [0.25, 0.3) is 0 Å². The Bertz CT molecular complexity index is 1660. The third-order valence-corrected chi connectivity index (χ3v) is 10.7. The van der Waals surface area contributed by atoms with Crippen LogP contribution in [0.2, 0.25) is 0 Å². The maximum absolute atomic E-state index is 13.5. The third kappa shape index (κ3) is 7.53. The van der Waals surface area contributed by atoms with E-state index < -0.39 is 38.0 Å². The molecule has 0 radical (unpaired) electrons. The van der Waals surface area contributed by atoms with E-state index in [1.54, 1.807) is 31.2 Å². The summed E-state index contributed by atoms with van der Waals surface area (Å²) in [7, 11) is -6.45. The van der Waals surface area contributed by atoms with Gasteiger partial charge in [-0.3, -0.25) is 9.52 Å². The summed E-state index contributed by atoms with van der Waals surface area (Å²) < 4.78 is 75.9. The Morgan fingerprint density at radius 1 is 1.05 bits per heavy atom. The topological polar surface area (TPSA) is 133 Å². The van der Waals surface area contributed by atoms with Gasteiger partial charge in [-0.1, -0.05) is 24.6 Å². The molecule has 0 bridgehead atoms. The molecule has 2 N–H and O–H groups in total. The van der Waals surface area contributed by atoms with E-state index in [0.29, 0.717) is 11.3 Å². The molecule has 232 valence electrons. The zero-order chi connectivity index (χ0) is 31.5. The maximum Gasteiger partial charge on any atom is 0.261 e. The van der Waals surface area contributed by atoms with E-state index in [1.165, 1.54) is 34.5 Å². The number of amides is 1. The van der Waals surface area contributed by atoms with Crippen LogP contribution in [0.5, 0.6) is 5.75 Å². The molecule has 1 heterocycles. The van der Waals surface area contributed by atoms with Crippen LogP contribution in [0.15, 0.2) is 76.5 Å². The summed E-state index contributed by atoms with van der Waals surface area (Å²) >= 11 is 0. The summed E-state index contributed by atoms with van der Waals surface area (Å²) in [5.41, 5.74) is 1.46. The van der Waals surface area contributed by atoms with Gasteiger partial charge in [0.25, 0.3) is 10.0 Å². The predicted octanol–water partition coefficient (Wildman–Crippen LogP) is 3.40. The second-order valence-corrected chi connectivity index (χ2v) is 14.6. The molecule has 1 aliphatic heterocycles. The summed E-state index contributed by atoms with van der Waals surface area (Å²) in [6.07, 6.45) is -0.854. The number of fused-ring (bicyclic) bond motifs is 1. The highest BCUT2D eigenvalue weighted by Gasteiger charge is 2.33. The fraction of sp³-hybridized carbons (Fsp3) is 0.367. The molecule has 13 heteroatoms. The van der Waals surface area contributed by atoms with Gasteiger partial charge in [0.05, 0.1) is 35.4 Å². The number of ether oxygens (including phenoxy) is 1. The van der Waals surface area contributed by atoms with Gasteiger partial charge in [0.1, 0.15) is 17.7 Å². The standard InChI is InChI=1S/C30H36FN3O7S2/c1-20-5-10-27(11-6-20)43(39,40)33(4)18-29-21(2)17-34(22(3)19-35)30(36)16-23-15-25(9-14-28(23)41-29)32-42(37,38)26-12-7-24(31)8-13-26/h5-15,21-22,29,32,35H,16-19H2,1-4H3/t21-,22-,29-/m0/s1. The predicted molar refractivity (Wildman–Crippen MR) is 160 cm³/mol. The normalized spacial score (nSPS) is 18.7. The summed E-state index contributed by atoms with van der Waals surface area (Å²) in [6.45, 7) is 5.30. The monoisotopic (exact) mass is 633 g/mol. The molecule has 1 aliphatic rings. The Balaban J connectivity index is 1.68. The van der Waals surface area contributed by atoms with Crippen molar-refractivity contribution in [1.82, 2.24) is 9.21 Å². The first-order chi connectivity index (χ1) is 20.2. The molecule has 0 aliphatic carbocycles. The molecule has 4 rings (SSSR count). The Morgan fingerprint density at radius 3 is 2.30 bits per heavy atom. The highest BCUT2D eigenvalue weighted by atomic mass is 32.2. The number of hydrogen-bond donors (Lipinski definition) is 2. The number of hydrogen-bond acceptors (Lipinski definition) is 7. The third-order valence-electron chi connectivity index (χ3n) is 7.46. The maximum atomic E-state index is 13.5. The number of rotatable bonds is 9. The first kappa shape index (κ1) is 32.4. The van der Waals surface area contributed by atoms with Gasteiger partial charge >= 0.3 is 0 Å². The van der Waals surface area contributed by atoms with Crippen molar-refractivity contribution >= 4 is 31.6 Å². The van der Waals surface area contributed by atoms with Crippen LogP contribution < -0.4 is 9.46 Å². The van der Waals surface area contributed by atoms with Gasteiger partial charge in [0.15, 0.2) is 0 Å². The lowest BCUT2D eigenvalue weighted by molar-refractivity contribution is -0.134.